The molecule has 10 heteroatoms. The van der Waals surface area contributed by atoms with Crippen LogP contribution in [-0.4, -0.2) is 47.3 Å². The molecular formula is C16H17N3O4S3. The average molecular weight is 412 g/mol. The third-order valence-electron chi connectivity index (χ3n) is 4.54. The third kappa shape index (κ3) is 3.22. The van der Waals surface area contributed by atoms with Gasteiger partial charge in [-0.25, -0.2) is 13.4 Å². The molecule has 0 saturated carbocycles. The van der Waals surface area contributed by atoms with Crippen LogP contribution in [0.3, 0.4) is 0 Å². The van der Waals surface area contributed by atoms with E-state index >= 15 is 0 Å². The molecule has 2 fully saturated rings. The van der Waals surface area contributed by atoms with Crippen molar-refractivity contribution in [2.75, 3.05) is 13.1 Å². The van der Waals surface area contributed by atoms with E-state index in [4.69, 9.17) is 4.42 Å². The predicted molar refractivity (Wildman–Crippen MR) is 100 cm³/mol. The van der Waals surface area contributed by atoms with Crippen LogP contribution < -0.4 is 5.32 Å². The van der Waals surface area contributed by atoms with Crippen LogP contribution in [-0.2, 0) is 14.8 Å². The second kappa shape index (κ2) is 6.84. The van der Waals surface area contributed by atoms with E-state index in [9.17, 15) is 13.2 Å². The number of aromatic nitrogens is 1. The molecular weight excluding hydrogens is 394 g/mol. The van der Waals surface area contributed by atoms with Gasteiger partial charge in [-0.3, -0.25) is 4.79 Å². The lowest BCUT2D eigenvalue weighted by atomic mass is 10.1. The summed E-state index contributed by atoms with van der Waals surface area (Å²) >= 11 is 2.82. The second-order valence-electron chi connectivity index (χ2n) is 6.18. The Bertz CT molecular complexity index is 908. The number of oxazole rings is 1. The number of nitrogens with one attached hydrogen (secondary N) is 1. The van der Waals surface area contributed by atoms with Crippen LogP contribution in [0, 0.1) is 5.92 Å². The fourth-order valence-electron chi connectivity index (χ4n) is 3.29. The Morgan fingerprint density at radius 3 is 2.96 bits per heavy atom. The van der Waals surface area contributed by atoms with E-state index in [1.54, 1.807) is 34.4 Å². The fourth-order valence-corrected chi connectivity index (χ4v) is 7.97. The summed E-state index contributed by atoms with van der Waals surface area (Å²) < 4.78 is 33.0. The highest BCUT2D eigenvalue weighted by atomic mass is 32.2. The summed E-state index contributed by atoms with van der Waals surface area (Å²) in [6.45, 7) is 4.40. The zero-order valence-corrected chi connectivity index (χ0v) is 16.1. The van der Waals surface area contributed by atoms with Crippen molar-refractivity contribution in [3.05, 3.63) is 37.4 Å². The average Bonchev–Trinajstić information content (AvgIpc) is 3.35. The molecule has 1 N–H and O–H groups in total. The summed E-state index contributed by atoms with van der Waals surface area (Å²) in [5.41, 5.74) is 0. The SMILES string of the molecule is C=CC(=O)NC1CC2CN(S(=O)(=O)c3ccc(-c4cnco4)s3)CC2S1. The van der Waals surface area contributed by atoms with Crippen molar-refractivity contribution in [2.24, 2.45) is 5.92 Å². The number of nitrogens with zero attached hydrogens (tertiary/aromatic N) is 2. The Hall–Kier alpha value is -1.62. The molecule has 4 heterocycles. The number of hydrogen-bond donors (Lipinski definition) is 1. The van der Waals surface area contributed by atoms with Crippen LogP contribution in [0.1, 0.15) is 6.42 Å². The van der Waals surface area contributed by atoms with Gasteiger partial charge in [-0.1, -0.05) is 6.58 Å². The molecule has 0 aliphatic carbocycles. The number of carbonyl (C=O) groups is 1. The van der Waals surface area contributed by atoms with Gasteiger partial charge in [0.15, 0.2) is 12.2 Å². The number of rotatable bonds is 5. The number of thioether (sulfide) groups is 1. The first-order chi connectivity index (χ1) is 12.5. The van der Waals surface area contributed by atoms with Gasteiger partial charge in [-0.2, -0.15) is 4.31 Å². The Morgan fingerprint density at radius 2 is 2.27 bits per heavy atom. The van der Waals surface area contributed by atoms with Crippen LogP contribution >= 0.6 is 23.1 Å². The fraction of sp³-hybridized carbons (Fsp3) is 0.375. The molecule has 2 aromatic rings. The van der Waals surface area contributed by atoms with Crippen LogP contribution in [0.15, 0.2) is 46.0 Å². The summed E-state index contributed by atoms with van der Waals surface area (Å²) in [4.78, 5) is 16.0. The molecule has 3 atom stereocenters. The maximum atomic E-state index is 13.0. The minimum absolute atomic E-state index is 0.0279. The van der Waals surface area contributed by atoms with Crippen molar-refractivity contribution in [3.8, 4) is 10.6 Å². The molecule has 26 heavy (non-hydrogen) atoms. The molecule has 0 aromatic carbocycles. The van der Waals surface area contributed by atoms with Gasteiger partial charge in [0.05, 0.1) is 16.4 Å². The number of thiophene rings is 1. The van der Waals surface area contributed by atoms with Crippen LogP contribution in [0.2, 0.25) is 0 Å². The third-order valence-corrected chi connectivity index (χ3v) is 9.46. The Balaban J connectivity index is 1.45. The molecule has 1 amide bonds. The maximum Gasteiger partial charge on any atom is 0.252 e. The van der Waals surface area contributed by atoms with E-state index in [1.807, 2.05) is 0 Å². The van der Waals surface area contributed by atoms with E-state index in [0.717, 1.165) is 11.3 Å². The minimum Gasteiger partial charge on any atom is -0.443 e. The quantitative estimate of drug-likeness (QED) is 0.758. The zero-order chi connectivity index (χ0) is 18.3. The molecule has 4 rings (SSSR count). The van der Waals surface area contributed by atoms with Crippen molar-refractivity contribution in [2.45, 2.75) is 21.3 Å². The van der Waals surface area contributed by atoms with E-state index in [1.165, 1.54) is 23.8 Å². The normalized spacial score (nSPS) is 25.9. The van der Waals surface area contributed by atoms with E-state index < -0.39 is 10.0 Å². The van der Waals surface area contributed by atoms with Crippen molar-refractivity contribution in [1.29, 1.82) is 0 Å². The molecule has 2 aliphatic heterocycles. The van der Waals surface area contributed by atoms with E-state index in [0.29, 0.717) is 23.1 Å². The first kappa shape index (κ1) is 17.8. The lowest BCUT2D eigenvalue weighted by molar-refractivity contribution is -0.116. The monoisotopic (exact) mass is 411 g/mol. The van der Waals surface area contributed by atoms with Gasteiger partial charge in [-0.05, 0) is 30.5 Å². The minimum atomic E-state index is -3.52. The van der Waals surface area contributed by atoms with Gasteiger partial charge >= 0.3 is 0 Å². The van der Waals surface area contributed by atoms with Gasteiger partial charge < -0.3 is 9.73 Å². The zero-order valence-electron chi connectivity index (χ0n) is 13.7. The maximum absolute atomic E-state index is 13.0. The van der Waals surface area contributed by atoms with Crippen molar-refractivity contribution in [3.63, 3.8) is 0 Å². The first-order valence-corrected chi connectivity index (χ1v) is 11.2. The lowest BCUT2D eigenvalue weighted by Gasteiger charge is -2.18. The summed E-state index contributed by atoms with van der Waals surface area (Å²) in [5, 5.41) is 3.12. The van der Waals surface area contributed by atoms with Crippen LogP contribution in [0.4, 0.5) is 0 Å². The highest BCUT2D eigenvalue weighted by molar-refractivity contribution is 8.00. The molecule has 3 unspecified atom stereocenters. The number of hydrogen-bond acceptors (Lipinski definition) is 7. The summed E-state index contributed by atoms with van der Waals surface area (Å²) in [6.07, 6.45) is 4.92. The summed E-state index contributed by atoms with van der Waals surface area (Å²) in [7, 11) is -3.52. The highest BCUT2D eigenvalue weighted by Crippen LogP contribution is 2.44. The Labute approximate surface area is 159 Å². The second-order valence-corrected chi connectivity index (χ2v) is 10.9. The number of amides is 1. The smallest absolute Gasteiger partial charge is 0.252 e. The van der Waals surface area contributed by atoms with Crippen molar-refractivity contribution < 1.29 is 17.6 Å². The van der Waals surface area contributed by atoms with Crippen LogP contribution in [0.25, 0.3) is 10.6 Å². The molecule has 2 aliphatic rings. The Morgan fingerprint density at radius 1 is 1.42 bits per heavy atom. The molecule has 2 aromatic heterocycles. The molecule has 0 spiro atoms. The summed E-state index contributed by atoms with van der Waals surface area (Å²) in [5.74, 6) is 0.621. The molecule has 7 nitrogen and oxygen atoms in total. The van der Waals surface area contributed by atoms with Crippen molar-refractivity contribution >= 4 is 39.0 Å². The highest BCUT2D eigenvalue weighted by Gasteiger charge is 2.46. The molecule has 0 radical (unpaired) electrons. The van der Waals surface area contributed by atoms with Gasteiger partial charge in [-0.15, -0.1) is 23.1 Å². The van der Waals surface area contributed by atoms with Gasteiger partial charge in [0, 0.05) is 18.3 Å². The number of carbonyl (C=O) groups excluding carboxylic acids is 1. The Kier molecular flexibility index (Phi) is 4.68. The standard InChI is InChI=1S/C16H17N3O4S3/c1-2-14(20)18-15-5-10-7-19(8-13(10)24-15)26(21,22)16-4-3-12(25-16)11-6-17-9-23-11/h2-4,6,9-10,13,15H,1,5,7-8H2,(H,18,20). The van der Waals surface area contributed by atoms with E-state index in [2.05, 4.69) is 16.9 Å². The molecule has 2 saturated heterocycles. The van der Waals surface area contributed by atoms with E-state index in [-0.39, 0.29) is 22.4 Å². The number of sulfonamides is 1. The van der Waals surface area contributed by atoms with Crippen LogP contribution in [0.5, 0.6) is 0 Å². The van der Waals surface area contributed by atoms with Gasteiger partial charge in [0.2, 0.25) is 5.91 Å². The summed E-state index contributed by atoms with van der Waals surface area (Å²) in [6, 6.07) is 3.36. The largest absolute Gasteiger partial charge is 0.443 e. The lowest BCUT2D eigenvalue weighted by Crippen LogP contribution is -2.33. The van der Waals surface area contributed by atoms with Gasteiger partial charge in [0.25, 0.3) is 10.0 Å². The topological polar surface area (TPSA) is 92.5 Å². The van der Waals surface area contributed by atoms with Crippen molar-refractivity contribution in [1.82, 2.24) is 14.6 Å². The first-order valence-electron chi connectivity index (χ1n) is 8.04. The predicted octanol–water partition coefficient (Wildman–Crippen LogP) is 2.16. The number of fused-ring (bicyclic) bond motifs is 1. The molecule has 0 bridgehead atoms. The van der Waals surface area contributed by atoms with Gasteiger partial charge in [0.1, 0.15) is 4.21 Å². The molecule has 138 valence electrons.